The van der Waals surface area contributed by atoms with Gasteiger partial charge in [-0.2, -0.15) is 0 Å². The van der Waals surface area contributed by atoms with Crippen LogP contribution in [0, 0.1) is 6.92 Å². The fourth-order valence-electron chi connectivity index (χ4n) is 2.86. The van der Waals surface area contributed by atoms with Crippen molar-refractivity contribution in [2.24, 2.45) is 0 Å². The molecule has 0 atom stereocenters. The van der Waals surface area contributed by atoms with Crippen molar-refractivity contribution in [1.82, 2.24) is 9.88 Å². The fourth-order valence-corrected chi connectivity index (χ4v) is 3.01. The van der Waals surface area contributed by atoms with Gasteiger partial charge < -0.3 is 9.80 Å². The summed E-state index contributed by atoms with van der Waals surface area (Å²) < 4.78 is 0. The highest BCUT2D eigenvalue weighted by atomic mass is 35.5. The fraction of sp³-hybridized carbons (Fsp3) is 0.667. The lowest BCUT2D eigenvalue weighted by Gasteiger charge is -2.37. The number of hydrogen-bond acceptors (Lipinski definition) is 3. The highest BCUT2D eigenvalue weighted by Gasteiger charge is 2.23. The zero-order valence-corrected chi connectivity index (χ0v) is 13.0. The average molecular weight is 282 g/mol. The van der Waals surface area contributed by atoms with Crippen molar-refractivity contribution in [3.8, 4) is 0 Å². The van der Waals surface area contributed by atoms with Crippen LogP contribution in [0.25, 0.3) is 0 Å². The molecule has 0 aromatic carbocycles. The van der Waals surface area contributed by atoms with Crippen LogP contribution >= 0.6 is 11.6 Å². The number of alkyl halides is 1. The first-order valence-electron chi connectivity index (χ1n) is 7.12. The Bertz CT molecular complexity index is 414. The van der Waals surface area contributed by atoms with Crippen molar-refractivity contribution in [2.75, 3.05) is 31.6 Å². The molecule has 0 amide bonds. The maximum atomic E-state index is 5.85. The molecule has 0 saturated carbocycles. The SMILES string of the molecule is CCN1CCC(N(C)c2ncc(CCl)cc2C)CC1. The number of likely N-dealkylation sites (tertiary alicyclic amines) is 1. The maximum Gasteiger partial charge on any atom is 0.131 e. The summed E-state index contributed by atoms with van der Waals surface area (Å²) in [6.45, 7) is 7.92. The Balaban J connectivity index is 2.05. The Kier molecular flexibility index (Phi) is 5.06. The predicted octanol–water partition coefficient (Wildman–Crippen LogP) is 3.05. The van der Waals surface area contributed by atoms with E-state index in [1.807, 2.05) is 6.20 Å². The molecule has 2 heterocycles. The lowest BCUT2D eigenvalue weighted by molar-refractivity contribution is 0.220. The van der Waals surface area contributed by atoms with E-state index < -0.39 is 0 Å². The summed E-state index contributed by atoms with van der Waals surface area (Å²) in [4.78, 5) is 9.45. The lowest BCUT2D eigenvalue weighted by Crippen LogP contribution is -2.43. The summed E-state index contributed by atoms with van der Waals surface area (Å²) in [5.41, 5.74) is 2.32. The summed E-state index contributed by atoms with van der Waals surface area (Å²) in [6.07, 6.45) is 4.35. The van der Waals surface area contributed by atoms with Gasteiger partial charge in [-0.3, -0.25) is 0 Å². The molecule has 106 valence electrons. The van der Waals surface area contributed by atoms with Crippen LogP contribution in [-0.4, -0.2) is 42.6 Å². The summed E-state index contributed by atoms with van der Waals surface area (Å²) in [5.74, 6) is 1.64. The Morgan fingerprint density at radius 2 is 2.11 bits per heavy atom. The van der Waals surface area contributed by atoms with E-state index in [2.05, 4.69) is 41.7 Å². The molecule has 2 rings (SSSR count). The molecule has 0 N–H and O–H groups in total. The Morgan fingerprint density at radius 3 is 2.63 bits per heavy atom. The summed E-state index contributed by atoms with van der Waals surface area (Å²) in [6, 6.07) is 2.75. The third kappa shape index (κ3) is 3.40. The zero-order chi connectivity index (χ0) is 13.8. The van der Waals surface area contributed by atoms with Crippen molar-refractivity contribution in [2.45, 2.75) is 38.6 Å². The largest absolute Gasteiger partial charge is 0.356 e. The summed E-state index contributed by atoms with van der Waals surface area (Å²) >= 11 is 5.85. The molecule has 0 spiro atoms. The molecule has 19 heavy (non-hydrogen) atoms. The average Bonchev–Trinajstić information content (AvgIpc) is 2.46. The molecular formula is C15H24ClN3. The van der Waals surface area contributed by atoms with E-state index in [1.54, 1.807) is 0 Å². The molecule has 0 unspecified atom stereocenters. The van der Waals surface area contributed by atoms with Crippen molar-refractivity contribution in [1.29, 1.82) is 0 Å². The van der Waals surface area contributed by atoms with Gasteiger partial charge >= 0.3 is 0 Å². The number of aromatic nitrogens is 1. The Hall–Kier alpha value is -0.800. The topological polar surface area (TPSA) is 19.4 Å². The molecule has 1 aromatic rings. The van der Waals surface area contributed by atoms with Crippen molar-refractivity contribution >= 4 is 17.4 Å². The quantitative estimate of drug-likeness (QED) is 0.791. The number of aryl methyl sites for hydroxylation is 1. The minimum Gasteiger partial charge on any atom is -0.356 e. The first kappa shape index (κ1) is 14.6. The van der Waals surface area contributed by atoms with Crippen LogP contribution in [-0.2, 0) is 5.88 Å². The minimum atomic E-state index is 0.534. The normalized spacial score (nSPS) is 17.7. The van der Waals surface area contributed by atoms with Gasteiger partial charge in [0.1, 0.15) is 5.82 Å². The molecule has 1 aliphatic heterocycles. The predicted molar refractivity (Wildman–Crippen MR) is 82.1 cm³/mol. The molecule has 0 aliphatic carbocycles. The first-order chi connectivity index (χ1) is 9.15. The van der Waals surface area contributed by atoms with Crippen LogP contribution in [0.1, 0.15) is 30.9 Å². The summed E-state index contributed by atoms with van der Waals surface area (Å²) in [5, 5.41) is 0. The summed E-state index contributed by atoms with van der Waals surface area (Å²) in [7, 11) is 2.17. The first-order valence-corrected chi connectivity index (χ1v) is 7.65. The van der Waals surface area contributed by atoms with E-state index in [1.165, 1.54) is 31.5 Å². The third-order valence-corrected chi connectivity index (χ3v) is 4.46. The van der Waals surface area contributed by atoms with Gasteiger partial charge in [-0.1, -0.05) is 6.92 Å². The number of anilines is 1. The monoisotopic (exact) mass is 281 g/mol. The maximum absolute atomic E-state index is 5.85. The van der Waals surface area contributed by atoms with Crippen molar-refractivity contribution in [3.63, 3.8) is 0 Å². The molecule has 0 bridgehead atoms. The molecule has 1 fully saturated rings. The second-order valence-corrected chi connectivity index (χ2v) is 5.66. The molecule has 1 aliphatic rings. The van der Waals surface area contributed by atoms with Gasteiger partial charge in [0.15, 0.2) is 0 Å². The van der Waals surface area contributed by atoms with Crippen LogP contribution in [0.2, 0.25) is 0 Å². The van der Waals surface area contributed by atoms with E-state index in [-0.39, 0.29) is 0 Å². The second-order valence-electron chi connectivity index (χ2n) is 5.39. The van der Waals surface area contributed by atoms with Crippen LogP contribution in [0.15, 0.2) is 12.3 Å². The van der Waals surface area contributed by atoms with E-state index in [9.17, 15) is 0 Å². The molecule has 0 radical (unpaired) electrons. The van der Waals surface area contributed by atoms with E-state index >= 15 is 0 Å². The number of nitrogens with zero attached hydrogens (tertiary/aromatic N) is 3. The van der Waals surface area contributed by atoms with Gasteiger partial charge in [0.2, 0.25) is 0 Å². The smallest absolute Gasteiger partial charge is 0.131 e. The molecule has 4 heteroatoms. The number of halogens is 1. The Morgan fingerprint density at radius 1 is 1.42 bits per heavy atom. The van der Waals surface area contributed by atoms with Crippen molar-refractivity contribution in [3.05, 3.63) is 23.4 Å². The van der Waals surface area contributed by atoms with Gasteiger partial charge in [0.25, 0.3) is 0 Å². The lowest BCUT2D eigenvalue weighted by atomic mass is 10.0. The number of rotatable bonds is 4. The van der Waals surface area contributed by atoms with Crippen LogP contribution in [0.5, 0.6) is 0 Å². The van der Waals surface area contributed by atoms with Gasteiger partial charge in [-0.15, -0.1) is 11.6 Å². The van der Waals surface area contributed by atoms with Crippen molar-refractivity contribution < 1.29 is 0 Å². The van der Waals surface area contributed by atoms with Crippen LogP contribution in [0.3, 0.4) is 0 Å². The Labute approximate surface area is 121 Å². The zero-order valence-electron chi connectivity index (χ0n) is 12.2. The van der Waals surface area contributed by atoms with Gasteiger partial charge in [-0.25, -0.2) is 4.98 Å². The third-order valence-electron chi connectivity index (χ3n) is 4.15. The van der Waals surface area contributed by atoms with Crippen LogP contribution in [0.4, 0.5) is 5.82 Å². The highest BCUT2D eigenvalue weighted by molar-refractivity contribution is 6.17. The van der Waals surface area contributed by atoms with Gasteiger partial charge in [0, 0.05) is 38.3 Å². The van der Waals surface area contributed by atoms with Gasteiger partial charge in [0.05, 0.1) is 0 Å². The van der Waals surface area contributed by atoms with E-state index in [0.717, 1.165) is 17.9 Å². The van der Waals surface area contributed by atoms with E-state index in [4.69, 9.17) is 11.6 Å². The highest BCUT2D eigenvalue weighted by Crippen LogP contribution is 2.24. The van der Waals surface area contributed by atoms with Crippen LogP contribution < -0.4 is 4.90 Å². The molecule has 3 nitrogen and oxygen atoms in total. The van der Waals surface area contributed by atoms with Gasteiger partial charge in [-0.05, 0) is 43.5 Å². The number of piperidine rings is 1. The number of pyridine rings is 1. The molecule has 1 aromatic heterocycles. The minimum absolute atomic E-state index is 0.534. The molecule has 1 saturated heterocycles. The number of hydrogen-bond donors (Lipinski definition) is 0. The van der Waals surface area contributed by atoms with E-state index in [0.29, 0.717) is 11.9 Å². The second kappa shape index (κ2) is 6.58. The molecular weight excluding hydrogens is 258 g/mol. The standard InChI is InChI=1S/C15H24ClN3/c1-4-19-7-5-14(6-8-19)18(3)15-12(2)9-13(10-16)11-17-15/h9,11,14H,4-8,10H2,1-3H3.